The van der Waals surface area contributed by atoms with E-state index in [-0.39, 0.29) is 0 Å². The van der Waals surface area contributed by atoms with Crippen molar-refractivity contribution in [2.75, 3.05) is 5.75 Å². The van der Waals surface area contributed by atoms with E-state index in [1.165, 1.54) is 11.8 Å². The summed E-state index contributed by atoms with van der Waals surface area (Å²) in [4.78, 5) is 0. The first kappa shape index (κ1) is 6.24. The number of nitrogens with zero attached hydrogens (tertiary/aromatic N) is 1. The molecule has 0 bridgehead atoms. The lowest BCUT2D eigenvalue weighted by molar-refractivity contribution is 1.42. The summed E-state index contributed by atoms with van der Waals surface area (Å²) in [7, 11) is 0. The number of rotatable bonds is 0. The number of hydrogen-bond acceptors (Lipinski definition) is 3. The Bertz CT molecular complexity index is 210. The predicted molar refractivity (Wildman–Crippen MR) is 38.4 cm³/mol. The summed E-state index contributed by atoms with van der Waals surface area (Å²) >= 11 is 1.50. The minimum atomic E-state index is 0.721. The van der Waals surface area contributed by atoms with Crippen LogP contribution in [0.2, 0.25) is 0 Å². The first-order chi connectivity index (χ1) is 4.33. The van der Waals surface area contributed by atoms with Crippen molar-refractivity contribution in [3.05, 3.63) is 22.8 Å². The number of nitrogens with two attached hydrogens (primary N) is 1. The third kappa shape index (κ3) is 1.51. The highest BCUT2D eigenvalue weighted by atomic mass is 32.2. The fourth-order valence-electron chi connectivity index (χ4n) is 0.510. The first-order valence-corrected chi connectivity index (χ1v) is 3.50. The van der Waals surface area contributed by atoms with Crippen molar-refractivity contribution < 1.29 is 0 Å². The molecule has 46 valence electrons. The van der Waals surface area contributed by atoms with E-state index in [1.54, 1.807) is 12.2 Å². The third-order valence-corrected chi connectivity index (χ3v) is 1.91. The predicted octanol–water partition coefficient (Wildman–Crippen LogP) is 0.983. The summed E-state index contributed by atoms with van der Waals surface area (Å²) in [5, 5.41) is 9.16. The zero-order valence-corrected chi connectivity index (χ0v) is 5.61. The maximum atomic E-state index is 8.38. The van der Waals surface area contributed by atoms with Crippen molar-refractivity contribution in [2.24, 2.45) is 5.73 Å². The standard InChI is InChI=1S/C6H6N2S/c7-3-5-1-2-6(8)9-4-5/h1-2H,4,8H2. The van der Waals surface area contributed by atoms with E-state index in [0.717, 1.165) is 16.4 Å². The molecule has 2 nitrogen and oxygen atoms in total. The fraction of sp³-hybridized carbons (Fsp3) is 0.167. The van der Waals surface area contributed by atoms with Gasteiger partial charge in [0.2, 0.25) is 0 Å². The van der Waals surface area contributed by atoms with Crippen LogP contribution in [0.4, 0.5) is 0 Å². The molecular weight excluding hydrogens is 132 g/mol. The van der Waals surface area contributed by atoms with Gasteiger partial charge in [-0.15, -0.1) is 11.8 Å². The summed E-state index contributed by atoms with van der Waals surface area (Å²) in [5.41, 5.74) is 6.21. The van der Waals surface area contributed by atoms with Crippen LogP contribution in [-0.4, -0.2) is 5.75 Å². The summed E-state index contributed by atoms with van der Waals surface area (Å²) in [6.45, 7) is 0. The monoisotopic (exact) mass is 138 g/mol. The number of nitriles is 1. The van der Waals surface area contributed by atoms with Gasteiger partial charge in [0, 0.05) is 11.3 Å². The molecule has 0 aliphatic carbocycles. The smallest absolute Gasteiger partial charge is 0.0956 e. The topological polar surface area (TPSA) is 49.8 Å². The summed E-state index contributed by atoms with van der Waals surface area (Å²) in [6, 6.07) is 2.06. The largest absolute Gasteiger partial charge is 0.394 e. The van der Waals surface area contributed by atoms with Gasteiger partial charge in [-0.3, -0.25) is 0 Å². The molecule has 0 aromatic rings. The molecule has 3 heteroatoms. The molecule has 0 radical (unpaired) electrons. The molecule has 0 saturated carbocycles. The molecule has 0 aromatic heterocycles. The molecule has 1 aliphatic rings. The maximum Gasteiger partial charge on any atom is 0.0956 e. The van der Waals surface area contributed by atoms with Gasteiger partial charge in [-0.25, -0.2) is 0 Å². The second-order valence-corrected chi connectivity index (χ2v) is 2.71. The summed E-state index contributed by atoms with van der Waals surface area (Å²) in [6.07, 6.45) is 3.51. The highest BCUT2D eigenvalue weighted by molar-refractivity contribution is 8.03. The number of allylic oxidation sites excluding steroid dienone is 2. The Morgan fingerprint density at radius 1 is 1.67 bits per heavy atom. The van der Waals surface area contributed by atoms with E-state index < -0.39 is 0 Å². The van der Waals surface area contributed by atoms with Crippen LogP contribution in [0, 0.1) is 11.3 Å². The van der Waals surface area contributed by atoms with E-state index in [1.807, 2.05) is 0 Å². The zero-order valence-electron chi connectivity index (χ0n) is 4.79. The second-order valence-electron chi connectivity index (χ2n) is 1.66. The fourth-order valence-corrected chi connectivity index (χ4v) is 1.16. The van der Waals surface area contributed by atoms with E-state index >= 15 is 0 Å². The van der Waals surface area contributed by atoms with Crippen LogP contribution in [-0.2, 0) is 0 Å². The Morgan fingerprint density at radius 3 is 2.89 bits per heavy atom. The van der Waals surface area contributed by atoms with Crippen molar-refractivity contribution >= 4 is 11.8 Å². The molecule has 0 fully saturated rings. The van der Waals surface area contributed by atoms with Gasteiger partial charge in [-0.2, -0.15) is 5.26 Å². The van der Waals surface area contributed by atoms with Crippen molar-refractivity contribution in [2.45, 2.75) is 0 Å². The lowest BCUT2D eigenvalue weighted by Crippen LogP contribution is -1.98. The van der Waals surface area contributed by atoms with Gasteiger partial charge in [-0.05, 0) is 12.2 Å². The Hall–Kier alpha value is -0.880. The van der Waals surface area contributed by atoms with Gasteiger partial charge in [0.1, 0.15) is 0 Å². The van der Waals surface area contributed by atoms with Gasteiger partial charge in [0.25, 0.3) is 0 Å². The normalized spacial score (nSPS) is 17.7. The van der Waals surface area contributed by atoms with Crippen molar-refractivity contribution in [1.29, 1.82) is 5.26 Å². The van der Waals surface area contributed by atoms with Crippen LogP contribution in [0.3, 0.4) is 0 Å². The molecule has 1 rings (SSSR count). The Kier molecular flexibility index (Phi) is 1.81. The van der Waals surface area contributed by atoms with Crippen LogP contribution in [0.25, 0.3) is 0 Å². The lowest BCUT2D eigenvalue weighted by Gasteiger charge is -2.03. The van der Waals surface area contributed by atoms with Crippen LogP contribution in [0.5, 0.6) is 0 Å². The van der Waals surface area contributed by atoms with Gasteiger partial charge in [-0.1, -0.05) is 0 Å². The first-order valence-electron chi connectivity index (χ1n) is 2.52. The lowest BCUT2D eigenvalue weighted by atomic mass is 10.3. The minimum Gasteiger partial charge on any atom is -0.394 e. The Morgan fingerprint density at radius 2 is 2.44 bits per heavy atom. The Labute approximate surface area is 58.0 Å². The molecule has 0 aromatic carbocycles. The molecule has 9 heavy (non-hydrogen) atoms. The van der Waals surface area contributed by atoms with Crippen LogP contribution >= 0.6 is 11.8 Å². The molecule has 0 amide bonds. The molecule has 1 heterocycles. The zero-order chi connectivity index (χ0) is 6.69. The third-order valence-electron chi connectivity index (χ3n) is 0.987. The van der Waals surface area contributed by atoms with Gasteiger partial charge >= 0.3 is 0 Å². The van der Waals surface area contributed by atoms with Crippen molar-refractivity contribution in [3.8, 4) is 6.07 Å². The van der Waals surface area contributed by atoms with Crippen LogP contribution in [0.1, 0.15) is 0 Å². The Balaban J connectivity index is 2.73. The molecular formula is C6H6N2S. The quantitative estimate of drug-likeness (QED) is 0.543. The van der Waals surface area contributed by atoms with Crippen molar-refractivity contribution in [1.82, 2.24) is 0 Å². The molecule has 2 N–H and O–H groups in total. The number of thioether (sulfide) groups is 1. The highest BCUT2D eigenvalue weighted by Crippen LogP contribution is 2.18. The molecule has 0 unspecified atom stereocenters. The highest BCUT2D eigenvalue weighted by Gasteiger charge is 2.01. The molecule has 1 aliphatic heterocycles. The molecule has 0 atom stereocenters. The maximum absolute atomic E-state index is 8.38. The summed E-state index contributed by atoms with van der Waals surface area (Å²) in [5.74, 6) is 0.721. The van der Waals surface area contributed by atoms with Gasteiger partial charge in [0.15, 0.2) is 0 Å². The van der Waals surface area contributed by atoms with E-state index in [2.05, 4.69) is 6.07 Å². The molecule has 0 saturated heterocycles. The van der Waals surface area contributed by atoms with E-state index in [4.69, 9.17) is 11.0 Å². The van der Waals surface area contributed by atoms with Crippen LogP contribution < -0.4 is 5.73 Å². The average molecular weight is 138 g/mol. The minimum absolute atomic E-state index is 0.721. The van der Waals surface area contributed by atoms with E-state index in [0.29, 0.717) is 0 Å². The second kappa shape index (κ2) is 2.60. The van der Waals surface area contributed by atoms with Crippen LogP contribution in [0.15, 0.2) is 22.8 Å². The number of hydrogen-bond donors (Lipinski definition) is 1. The van der Waals surface area contributed by atoms with Gasteiger partial charge in [0.05, 0.1) is 11.1 Å². The average Bonchev–Trinajstić information content (AvgIpc) is 1.90. The summed E-state index contributed by atoms with van der Waals surface area (Å²) < 4.78 is 0. The van der Waals surface area contributed by atoms with E-state index in [9.17, 15) is 0 Å². The van der Waals surface area contributed by atoms with Crippen molar-refractivity contribution in [3.63, 3.8) is 0 Å². The molecule has 0 spiro atoms. The van der Waals surface area contributed by atoms with Gasteiger partial charge < -0.3 is 5.73 Å². The SMILES string of the molecule is N#CC1=CC=C(N)SC1.